The Morgan fingerprint density at radius 1 is 1.41 bits per heavy atom. The molecular formula is C12H18BrN3O. The third-order valence-electron chi connectivity index (χ3n) is 2.95. The van der Waals surface area contributed by atoms with Crippen molar-refractivity contribution in [3.05, 3.63) is 22.4 Å². The number of hydrogen-bond acceptors (Lipinski definition) is 4. The molecule has 17 heavy (non-hydrogen) atoms. The lowest BCUT2D eigenvalue weighted by molar-refractivity contribution is 0.235. The highest BCUT2D eigenvalue weighted by Crippen LogP contribution is 2.21. The van der Waals surface area contributed by atoms with Gasteiger partial charge < -0.3 is 10.5 Å². The number of halogens is 1. The Kier molecular flexibility index (Phi) is 4.76. The number of ether oxygens (including phenoxy) is 1. The zero-order valence-corrected chi connectivity index (χ0v) is 11.4. The molecule has 1 aromatic rings. The van der Waals surface area contributed by atoms with Crippen LogP contribution in [0, 0.1) is 0 Å². The third kappa shape index (κ3) is 3.66. The van der Waals surface area contributed by atoms with Gasteiger partial charge in [0.25, 0.3) is 0 Å². The van der Waals surface area contributed by atoms with E-state index in [1.807, 2.05) is 6.07 Å². The molecule has 0 saturated carbocycles. The smallest absolute Gasteiger partial charge is 0.143 e. The summed E-state index contributed by atoms with van der Waals surface area (Å²) in [6, 6.07) is 1.93. The molecule has 1 fully saturated rings. The lowest BCUT2D eigenvalue weighted by Gasteiger charge is -2.16. The molecule has 0 unspecified atom stereocenters. The first-order chi connectivity index (χ1) is 8.29. The summed E-state index contributed by atoms with van der Waals surface area (Å²) >= 11 is 3.39. The normalized spacial score (nSPS) is 16.4. The molecule has 0 aliphatic carbocycles. The van der Waals surface area contributed by atoms with Crippen molar-refractivity contribution in [3.63, 3.8) is 0 Å². The van der Waals surface area contributed by atoms with Crippen LogP contribution in [0.2, 0.25) is 0 Å². The maximum atomic E-state index is 5.76. The minimum absolute atomic E-state index is 0.409. The van der Waals surface area contributed by atoms with Crippen molar-refractivity contribution in [2.45, 2.75) is 19.4 Å². The summed E-state index contributed by atoms with van der Waals surface area (Å²) in [5, 5.41) is 0. The van der Waals surface area contributed by atoms with Crippen LogP contribution in [0.4, 0.5) is 0 Å². The van der Waals surface area contributed by atoms with Gasteiger partial charge >= 0.3 is 0 Å². The van der Waals surface area contributed by atoms with E-state index < -0.39 is 0 Å². The first kappa shape index (κ1) is 12.8. The van der Waals surface area contributed by atoms with Crippen LogP contribution >= 0.6 is 15.9 Å². The summed E-state index contributed by atoms with van der Waals surface area (Å²) in [4.78, 5) is 6.66. The maximum Gasteiger partial charge on any atom is 0.143 e. The number of likely N-dealkylation sites (tertiary alicyclic amines) is 1. The van der Waals surface area contributed by atoms with Crippen molar-refractivity contribution in [2.24, 2.45) is 5.73 Å². The highest BCUT2D eigenvalue weighted by Gasteiger charge is 2.11. The Hall–Kier alpha value is -0.650. The monoisotopic (exact) mass is 299 g/mol. The van der Waals surface area contributed by atoms with Crippen molar-refractivity contribution >= 4 is 15.9 Å². The van der Waals surface area contributed by atoms with Gasteiger partial charge in [0.15, 0.2) is 0 Å². The van der Waals surface area contributed by atoms with E-state index in [0.29, 0.717) is 13.2 Å². The van der Waals surface area contributed by atoms with Crippen molar-refractivity contribution in [2.75, 3.05) is 26.2 Å². The first-order valence-electron chi connectivity index (χ1n) is 5.99. The van der Waals surface area contributed by atoms with Crippen molar-refractivity contribution in [3.8, 4) is 5.75 Å². The van der Waals surface area contributed by atoms with Crippen LogP contribution in [0.15, 0.2) is 16.7 Å². The van der Waals surface area contributed by atoms with Gasteiger partial charge in [0, 0.05) is 23.8 Å². The molecule has 1 aliphatic heterocycles. The van der Waals surface area contributed by atoms with Crippen LogP contribution in [-0.2, 0) is 6.54 Å². The molecule has 0 spiro atoms. The van der Waals surface area contributed by atoms with Crippen LogP contribution < -0.4 is 10.5 Å². The molecule has 1 aromatic heterocycles. The van der Waals surface area contributed by atoms with Gasteiger partial charge in [-0.2, -0.15) is 0 Å². The minimum atomic E-state index is 0.409. The lowest BCUT2D eigenvalue weighted by Crippen LogP contribution is -2.25. The number of hydrogen-bond donors (Lipinski definition) is 1. The fourth-order valence-electron chi connectivity index (χ4n) is 2.02. The molecule has 0 bridgehead atoms. The first-order valence-corrected chi connectivity index (χ1v) is 6.78. The average Bonchev–Trinajstić information content (AvgIpc) is 2.82. The van der Waals surface area contributed by atoms with E-state index in [1.54, 1.807) is 6.20 Å². The minimum Gasteiger partial charge on any atom is -0.490 e. The molecule has 2 rings (SSSR count). The fourth-order valence-corrected chi connectivity index (χ4v) is 2.33. The van der Waals surface area contributed by atoms with E-state index >= 15 is 0 Å². The molecule has 0 atom stereocenters. The molecule has 2 heterocycles. The molecule has 0 radical (unpaired) electrons. The number of nitrogens with zero attached hydrogens (tertiary/aromatic N) is 2. The van der Waals surface area contributed by atoms with E-state index in [1.165, 1.54) is 25.9 Å². The Labute approximate surface area is 110 Å². The Morgan fingerprint density at radius 3 is 2.88 bits per heavy atom. The van der Waals surface area contributed by atoms with Gasteiger partial charge in [-0.15, -0.1) is 0 Å². The highest BCUT2D eigenvalue weighted by molar-refractivity contribution is 9.10. The quantitative estimate of drug-likeness (QED) is 0.900. The largest absolute Gasteiger partial charge is 0.490 e. The van der Waals surface area contributed by atoms with Crippen LogP contribution in [0.25, 0.3) is 0 Å². The Balaban J connectivity index is 1.86. The average molecular weight is 300 g/mol. The summed E-state index contributed by atoms with van der Waals surface area (Å²) in [6.45, 7) is 4.49. The van der Waals surface area contributed by atoms with Gasteiger partial charge in [-0.05, 0) is 47.9 Å². The molecule has 5 heteroatoms. The van der Waals surface area contributed by atoms with Gasteiger partial charge in [-0.3, -0.25) is 9.88 Å². The van der Waals surface area contributed by atoms with E-state index in [-0.39, 0.29) is 0 Å². The van der Waals surface area contributed by atoms with Crippen molar-refractivity contribution < 1.29 is 4.74 Å². The zero-order valence-electron chi connectivity index (χ0n) is 9.86. The predicted octanol–water partition coefficient (Wildman–Crippen LogP) is 1.78. The molecule has 0 aromatic carbocycles. The van der Waals surface area contributed by atoms with Crippen molar-refractivity contribution in [1.29, 1.82) is 0 Å². The van der Waals surface area contributed by atoms with E-state index in [9.17, 15) is 0 Å². The molecular weight excluding hydrogens is 282 g/mol. The second kappa shape index (κ2) is 6.33. The summed E-state index contributed by atoms with van der Waals surface area (Å²) in [6.07, 6.45) is 4.37. The number of rotatable bonds is 5. The Morgan fingerprint density at radius 2 is 2.18 bits per heavy atom. The second-order valence-electron chi connectivity index (χ2n) is 4.20. The number of nitrogens with two attached hydrogens (primary N) is 1. The standard InChI is InChI=1S/C12H18BrN3O/c13-10-7-12(11(8-14)15-9-10)17-6-5-16-3-1-2-4-16/h7,9H,1-6,8,14H2. The summed E-state index contributed by atoms with van der Waals surface area (Å²) < 4.78 is 6.68. The van der Waals surface area contributed by atoms with Gasteiger partial charge in [-0.25, -0.2) is 0 Å². The molecule has 2 N–H and O–H groups in total. The van der Waals surface area contributed by atoms with Crippen LogP contribution in [0.1, 0.15) is 18.5 Å². The third-order valence-corrected chi connectivity index (χ3v) is 3.39. The van der Waals surface area contributed by atoms with E-state index in [2.05, 4.69) is 25.8 Å². The Bertz CT molecular complexity index is 367. The lowest BCUT2D eigenvalue weighted by atomic mass is 10.3. The highest BCUT2D eigenvalue weighted by atomic mass is 79.9. The SMILES string of the molecule is NCc1ncc(Br)cc1OCCN1CCCC1. The zero-order chi connectivity index (χ0) is 12.1. The van der Waals surface area contributed by atoms with Gasteiger partial charge in [-0.1, -0.05) is 0 Å². The molecule has 4 nitrogen and oxygen atoms in total. The summed E-state index contributed by atoms with van der Waals surface area (Å²) in [5.74, 6) is 0.793. The topological polar surface area (TPSA) is 51.4 Å². The van der Waals surface area contributed by atoms with E-state index in [4.69, 9.17) is 10.5 Å². The van der Waals surface area contributed by atoms with Crippen LogP contribution in [0.3, 0.4) is 0 Å². The summed E-state index contributed by atoms with van der Waals surface area (Å²) in [7, 11) is 0. The molecule has 1 saturated heterocycles. The van der Waals surface area contributed by atoms with Gasteiger partial charge in [0.2, 0.25) is 0 Å². The van der Waals surface area contributed by atoms with Crippen LogP contribution in [0.5, 0.6) is 5.75 Å². The number of pyridine rings is 1. The maximum absolute atomic E-state index is 5.76. The van der Waals surface area contributed by atoms with Crippen molar-refractivity contribution in [1.82, 2.24) is 9.88 Å². The predicted molar refractivity (Wildman–Crippen MR) is 71.0 cm³/mol. The van der Waals surface area contributed by atoms with Gasteiger partial charge in [0.05, 0.1) is 5.69 Å². The van der Waals surface area contributed by atoms with Crippen LogP contribution in [-0.4, -0.2) is 36.1 Å². The molecule has 94 valence electrons. The molecule has 0 amide bonds. The summed E-state index contributed by atoms with van der Waals surface area (Å²) in [5.41, 5.74) is 6.44. The number of aromatic nitrogens is 1. The second-order valence-corrected chi connectivity index (χ2v) is 5.12. The fraction of sp³-hybridized carbons (Fsp3) is 0.583. The molecule has 1 aliphatic rings. The van der Waals surface area contributed by atoms with E-state index in [0.717, 1.165) is 22.5 Å². The van der Waals surface area contributed by atoms with Gasteiger partial charge in [0.1, 0.15) is 12.4 Å².